The lowest BCUT2D eigenvalue weighted by atomic mass is 9.47. The van der Waals surface area contributed by atoms with E-state index in [9.17, 15) is 45.0 Å². The van der Waals surface area contributed by atoms with E-state index in [0.29, 0.717) is 32.1 Å². The summed E-state index contributed by atoms with van der Waals surface area (Å²) in [6.07, 6.45) is -7.26. The minimum Gasteiger partial charge on any atom is -0.504 e. The van der Waals surface area contributed by atoms with Crippen LogP contribution in [0.1, 0.15) is 92.9 Å². The number of aliphatic hydroxyl groups excluding tert-OH is 6. The van der Waals surface area contributed by atoms with Crippen LogP contribution in [0.3, 0.4) is 0 Å². The van der Waals surface area contributed by atoms with Crippen molar-refractivity contribution in [1.82, 2.24) is 0 Å². The molecule has 14 heteroatoms. The number of aliphatic hydroxyl groups is 6. The molecule has 2 saturated carbocycles. The zero-order valence-electron chi connectivity index (χ0n) is 33.1. The number of methoxy groups -OCH3 is 1. The van der Waals surface area contributed by atoms with Gasteiger partial charge in [-0.1, -0.05) is 53.2 Å². The fourth-order valence-electron chi connectivity index (χ4n) is 11.3. The molecule has 2 saturated heterocycles. The normalized spacial score (nSPS) is 44.3. The standard InChI is InChI=1S/C41H62O14/c1-8-22(18(2)3)25(42)15-19(4)27-30(45)31(46)28-23-10-9-20-16-21(11-13-40(20,5)24(23)12-14-41(27,28)6)53-39-34(49)35(33(48)36(55-39)37(50)51-7)54-38-32(47)29(44)26(43)17-52-38/h10,18-22,24,26,28-29,32-36,38-39,43-45,47-49H,8-9,11-17H2,1-7H3. The van der Waals surface area contributed by atoms with Gasteiger partial charge in [0.1, 0.15) is 42.4 Å². The second kappa shape index (κ2) is 16.2. The number of allylic oxidation sites excluding steroid dienone is 4. The maximum Gasteiger partial charge on any atom is 0.337 e. The molecule has 6 aliphatic rings. The Morgan fingerprint density at radius 1 is 0.964 bits per heavy atom. The van der Waals surface area contributed by atoms with Crippen LogP contribution in [0, 0.1) is 46.3 Å². The van der Waals surface area contributed by atoms with E-state index in [0.717, 1.165) is 37.5 Å². The number of rotatable bonds is 11. The first-order valence-corrected chi connectivity index (χ1v) is 20.2. The van der Waals surface area contributed by atoms with Gasteiger partial charge in [0.05, 0.1) is 25.7 Å². The van der Waals surface area contributed by atoms with Crippen LogP contribution in [-0.4, -0.2) is 123 Å². The number of ether oxygens (including phenoxy) is 5. The summed E-state index contributed by atoms with van der Waals surface area (Å²) in [4.78, 5) is 40.0. The van der Waals surface area contributed by atoms with Crippen LogP contribution < -0.4 is 0 Å². The Morgan fingerprint density at radius 2 is 1.67 bits per heavy atom. The zero-order valence-corrected chi connectivity index (χ0v) is 33.1. The molecule has 310 valence electrons. The van der Waals surface area contributed by atoms with Crippen LogP contribution >= 0.6 is 0 Å². The van der Waals surface area contributed by atoms with Crippen LogP contribution in [0.25, 0.3) is 0 Å². The monoisotopic (exact) mass is 778 g/mol. The van der Waals surface area contributed by atoms with E-state index in [1.54, 1.807) is 0 Å². The number of hydrogen-bond acceptors (Lipinski definition) is 14. The molecule has 55 heavy (non-hydrogen) atoms. The molecule has 0 amide bonds. The molecule has 17 unspecified atom stereocenters. The fourth-order valence-corrected chi connectivity index (χ4v) is 11.3. The fraction of sp³-hybridized carbons (Fsp3) is 0.829. The summed E-state index contributed by atoms with van der Waals surface area (Å²) in [6.45, 7) is 12.1. The summed E-state index contributed by atoms with van der Waals surface area (Å²) < 4.78 is 28.0. The van der Waals surface area contributed by atoms with Crippen molar-refractivity contribution in [2.75, 3.05) is 13.7 Å². The third-order valence-electron chi connectivity index (χ3n) is 14.3. The molecule has 0 radical (unpaired) electrons. The topological polar surface area (TPSA) is 219 Å². The van der Waals surface area contributed by atoms with Crippen LogP contribution in [0.2, 0.25) is 0 Å². The third-order valence-corrected chi connectivity index (χ3v) is 14.3. The van der Waals surface area contributed by atoms with Gasteiger partial charge in [0.2, 0.25) is 5.78 Å². The number of esters is 1. The zero-order chi connectivity index (χ0) is 40.3. The highest BCUT2D eigenvalue weighted by atomic mass is 16.7. The molecule has 0 aromatic heterocycles. The van der Waals surface area contributed by atoms with Gasteiger partial charge in [0.15, 0.2) is 24.4 Å². The first-order chi connectivity index (χ1) is 25.9. The van der Waals surface area contributed by atoms with Crippen LogP contribution in [0.15, 0.2) is 23.0 Å². The van der Waals surface area contributed by atoms with Gasteiger partial charge in [-0.2, -0.15) is 0 Å². The Bertz CT molecular complexity index is 1530. The highest BCUT2D eigenvalue weighted by molar-refractivity contribution is 6.02. The Balaban J connectivity index is 1.16. The average Bonchev–Trinajstić information content (AvgIpc) is 3.34. The summed E-state index contributed by atoms with van der Waals surface area (Å²) in [7, 11) is 1.12. The molecule has 2 aliphatic heterocycles. The number of carbonyl (C=O) groups excluding carboxylic acids is 3. The van der Waals surface area contributed by atoms with Gasteiger partial charge in [-0.3, -0.25) is 9.59 Å². The van der Waals surface area contributed by atoms with E-state index in [1.165, 1.54) is 0 Å². The van der Waals surface area contributed by atoms with Crippen molar-refractivity contribution in [3.8, 4) is 0 Å². The largest absolute Gasteiger partial charge is 0.504 e. The van der Waals surface area contributed by atoms with E-state index < -0.39 is 78.7 Å². The quantitative estimate of drug-likeness (QED) is 0.131. The lowest BCUT2D eigenvalue weighted by Crippen LogP contribution is -2.64. The van der Waals surface area contributed by atoms with Gasteiger partial charge >= 0.3 is 5.97 Å². The Morgan fingerprint density at radius 3 is 2.33 bits per heavy atom. The molecule has 14 nitrogen and oxygen atoms in total. The summed E-state index contributed by atoms with van der Waals surface area (Å²) in [6, 6.07) is 0. The van der Waals surface area contributed by atoms with Gasteiger partial charge in [-0.05, 0) is 79.6 Å². The average molecular weight is 779 g/mol. The molecule has 6 N–H and O–H groups in total. The second-order valence-corrected chi connectivity index (χ2v) is 17.9. The first kappa shape index (κ1) is 42.3. The SMILES string of the molecule is CCC(C(=O)CC(C)C1=C(O)C(=O)C2C3=CCC4CC(OC5OC(C(=O)OC)C(O)C(OC6OCC(O)C(O)C6O)C5O)CCC4(C)C3CCC12C)C(C)C. The number of Topliss-reactive ketones (excluding diaryl/α,β-unsaturated/α-hetero) is 2. The molecule has 2 heterocycles. The van der Waals surface area contributed by atoms with E-state index in [4.69, 9.17) is 23.7 Å². The molecular weight excluding hydrogens is 716 g/mol. The highest BCUT2D eigenvalue weighted by Crippen LogP contribution is 2.65. The van der Waals surface area contributed by atoms with Crippen LogP contribution in [-0.2, 0) is 38.1 Å². The minimum absolute atomic E-state index is 0.0572. The maximum atomic E-state index is 14.0. The number of hydrogen-bond donors (Lipinski definition) is 6. The predicted molar refractivity (Wildman–Crippen MR) is 195 cm³/mol. The van der Waals surface area contributed by atoms with Gasteiger partial charge < -0.3 is 54.3 Å². The Labute approximate surface area is 323 Å². The smallest absolute Gasteiger partial charge is 0.337 e. The summed E-state index contributed by atoms with van der Waals surface area (Å²) in [5.74, 6) is -1.48. The van der Waals surface area contributed by atoms with Crippen molar-refractivity contribution < 1.29 is 68.7 Å². The number of ketones is 2. The lowest BCUT2D eigenvalue weighted by Gasteiger charge is -2.57. The van der Waals surface area contributed by atoms with Crippen molar-refractivity contribution in [3.05, 3.63) is 23.0 Å². The van der Waals surface area contributed by atoms with Crippen molar-refractivity contribution >= 4 is 17.5 Å². The number of carbonyl (C=O) groups is 3. The molecule has 4 aliphatic carbocycles. The van der Waals surface area contributed by atoms with Crippen molar-refractivity contribution in [2.45, 2.75) is 154 Å². The minimum atomic E-state index is -1.75. The van der Waals surface area contributed by atoms with Crippen LogP contribution in [0.5, 0.6) is 0 Å². The lowest BCUT2D eigenvalue weighted by molar-refractivity contribution is -0.350. The van der Waals surface area contributed by atoms with Crippen LogP contribution in [0.4, 0.5) is 0 Å². The molecular formula is C41H62O14. The third kappa shape index (κ3) is 7.37. The molecule has 0 bridgehead atoms. The Hall–Kier alpha value is -2.27. The van der Waals surface area contributed by atoms with Crippen molar-refractivity contribution in [3.63, 3.8) is 0 Å². The summed E-state index contributed by atoms with van der Waals surface area (Å²) >= 11 is 0. The second-order valence-electron chi connectivity index (χ2n) is 17.9. The first-order valence-electron chi connectivity index (χ1n) is 20.2. The van der Waals surface area contributed by atoms with Gasteiger partial charge in [0, 0.05) is 17.8 Å². The molecule has 0 spiro atoms. The van der Waals surface area contributed by atoms with Crippen molar-refractivity contribution in [2.24, 2.45) is 46.3 Å². The predicted octanol–water partition coefficient (Wildman–Crippen LogP) is 2.66. The number of fused-ring (bicyclic) bond motifs is 5. The van der Waals surface area contributed by atoms with E-state index in [-0.39, 0.29) is 58.9 Å². The molecule has 0 aromatic rings. The van der Waals surface area contributed by atoms with Gasteiger partial charge in [-0.25, -0.2) is 4.79 Å². The Kier molecular flexibility index (Phi) is 12.4. The van der Waals surface area contributed by atoms with Gasteiger partial charge in [-0.15, -0.1) is 0 Å². The molecule has 17 atom stereocenters. The van der Waals surface area contributed by atoms with Crippen molar-refractivity contribution in [1.29, 1.82) is 0 Å². The van der Waals surface area contributed by atoms with Gasteiger partial charge in [0.25, 0.3) is 0 Å². The summed E-state index contributed by atoms with van der Waals surface area (Å²) in [5.41, 5.74) is 1.05. The molecule has 4 fully saturated rings. The van der Waals surface area contributed by atoms with E-state index >= 15 is 0 Å². The maximum absolute atomic E-state index is 14.0. The van der Waals surface area contributed by atoms with E-state index in [1.807, 2.05) is 13.8 Å². The summed E-state index contributed by atoms with van der Waals surface area (Å²) in [5, 5.41) is 64.3. The molecule has 0 aromatic carbocycles. The highest BCUT2D eigenvalue weighted by Gasteiger charge is 2.61. The van der Waals surface area contributed by atoms with E-state index in [2.05, 4.69) is 33.8 Å². The molecule has 6 rings (SSSR count).